The lowest BCUT2D eigenvalue weighted by atomic mass is 10.1. The van der Waals surface area contributed by atoms with Gasteiger partial charge < -0.3 is 15.5 Å². The van der Waals surface area contributed by atoms with Crippen molar-refractivity contribution in [3.05, 3.63) is 78.9 Å². The summed E-state index contributed by atoms with van der Waals surface area (Å²) in [6, 6.07) is 19.0. The molecule has 2 N–H and O–H groups in total. The molecule has 0 atom stereocenters. The molecule has 1 aliphatic heterocycles. The molecule has 4 rings (SSSR count). The monoisotopic (exact) mass is 389 g/mol. The van der Waals surface area contributed by atoms with E-state index < -0.39 is 0 Å². The zero-order valence-corrected chi connectivity index (χ0v) is 16.0. The number of para-hydroxylation sites is 2. The second kappa shape index (κ2) is 8.60. The number of rotatable bonds is 4. The van der Waals surface area contributed by atoms with Crippen LogP contribution in [0.2, 0.25) is 0 Å². The molecular weight excluding hydrogens is 366 g/mol. The van der Waals surface area contributed by atoms with E-state index in [0.29, 0.717) is 31.6 Å². The maximum Gasteiger partial charge on any atom is 0.321 e. The van der Waals surface area contributed by atoms with Gasteiger partial charge in [-0.3, -0.25) is 9.36 Å². The predicted molar refractivity (Wildman–Crippen MR) is 111 cm³/mol. The molecule has 0 saturated carbocycles. The van der Waals surface area contributed by atoms with E-state index in [-0.39, 0.29) is 18.0 Å². The molecule has 2 heterocycles. The van der Waals surface area contributed by atoms with Crippen LogP contribution in [0, 0.1) is 0 Å². The van der Waals surface area contributed by atoms with Gasteiger partial charge in [0.2, 0.25) is 0 Å². The Bertz CT molecular complexity index is 963. The highest BCUT2D eigenvalue weighted by molar-refractivity contribution is 5.93. The molecule has 1 fully saturated rings. The van der Waals surface area contributed by atoms with Crippen molar-refractivity contribution in [1.29, 1.82) is 0 Å². The number of nitrogens with zero attached hydrogens (tertiary/aromatic N) is 3. The number of nitrogens with one attached hydrogen (secondary N) is 2. The number of anilines is 1. The minimum Gasteiger partial charge on any atom is -0.348 e. The van der Waals surface area contributed by atoms with Gasteiger partial charge in [0.05, 0.1) is 12.5 Å². The van der Waals surface area contributed by atoms with Crippen LogP contribution in [0.3, 0.4) is 0 Å². The maximum absolute atomic E-state index is 12.8. The molecule has 7 heteroatoms. The number of carbonyl (C=O) groups excluding carboxylic acids is 2. The van der Waals surface area contributed by atoms with Crippen molar-refractivity contribution in [3.8, 4) is 5.69 Å². The number of hydrogen-bond donors (Lipinski definition) is 2. The predicted octanol–water partition coefficient (Wildman–Crippen LogP) is 3.30. The molecule has 1 aliphatic rings. The SMILES string of the molecule is O=C(NC1CCN(C(=O)Nc2ccccc2)CC1)c1cncn1-c1ccccc1. The van der Waals surface area contributed by atoms with Gasteiger partial charge in [-0.2, -0.15) is 0 Å². The van der Waals surface area contributed by atoms with Crippen LogP contribution < -0.4 is 10.6 Å². The molecule has 29 heavy (non-hydrogen) atoms. The lowest BCUT2D eigenvalue weighted by Crippen LogP contribution is -2.48. The average molecular weight is 389 g/mol. The van der Waals surface area contributed by atoms with Crippen LogP contribution in [0.4, 0.5) is 10.5 Å². The summed E-state index contributed by atoms with van der Waals surface area (Å²) in [5, 5.41) is 5.99. The second-order valence-electron chi connectivity index (χ2n) is 7.02. The fourth-order valence-electron chi connectivity index (χ4n) is 3.47. The molecule has 0 spiro atoms. The van der Waals surface area contributed by atoms with Crippen molar-refractivity contribution in [2.24, 2.45) is 0 Å². The van der Waals surface area contributed by atoms with Crippen LogP contribution in [-0.2, 0) is 0 Å². The summed E-state index contributed by atoms with van der Waals surface area (Å²) < 4.78 is 1.78. The van der Waals surface area contributed by atoms with Gasteiger partial charge >= 0.3 is 6.03 Å². The molecule has 1 aromatic heterocycles. The van der Waals surface area contributed by atoms with E-state index in [1.54, 1.807) is 22.0 Å². The van der Waals surface area contributed by atoms with Crippen LogP contribution in [0.1, 0.15) is 23.3 Å². The van der Waals surface area contributed by atoms with Crippen molar-refractivity contribution in [1.82, 2.24) is 19.8 Å². The summed E-state index contributed by atoms with van der Waals surface area (Å²) >= 11 is 0. The first-order valence-electron chi connectivity index (χ1n) is 9.70. The number of hydrogen-bond acceptors (Lipinski definition) is 3. The van der Waals surface area contributed by atoms with Crippen LogP contribution >= 0.6 is 0 Å². The van der Waals surface area contributed by atoms with Gasteiger partial charge in [-0.15, -0.1) is 0 Å². The molecule has 0 radical (unpaired) electrons. The van der Waals surface area contributed by atoms with Gasteiger partial charge in [-0.05, 0) is 37.1 Å². The third kappa shape index (κ3) is 4.45. The van der Waals surface area contributed by atoms with Crippen LogP contribution in [0.15, 0.2) is 73.2 Å². The summed E-state index contributed by atoms with van der Waals surface area (Å²) in [6.45, 7) is 1.20. The number of benzene rings is 2. The maximum atomic E-state index is 12.8. The Morgan fingerprint density at radius 3 is 2.28 bits per heavy atom. The first kappa shape index (κ1) is 18.7. The number of piperidine rings is 1. The van der Waals surface area contributed by atoms with Gasteiger partial charge in [0, 0.05) is 30.5 Å². The van der Waals surface area contributed by atoms with Crippen LogP contribution in [0.5, 0.6) is 0 Å². The van der Waals surface area contributed by atoms with E-state index in [9.17, 15) is 9.59 Å². The third-order valence-electron chi connectivity index (χ3n) is 5.05. The number of aromatic nitrogens is 2. The Morgan fingerprint density at radius 1 is 0.931 bits per heavy atom. The Balaban J connectivity index is 1.32. The number of carbonyl (C=O) groups is 2. The number of likely N-dealkylation sites (tertiary alicyclic amines) is 1. The van der Waals surface area contributed by atoms with E-state index in [4.69, 9.17) is 0 Å². The second-order valence-corrected chi connectivity index (χ2v) is 7.02. The van der Waals surface area contributed by atoms with Crippen molar-refractivity contribution >= 4 is 17.6 Å². The first-order chi connectivity index (χ1) is 14.2. The lowest BCUT2D eigenvalue weighted by Gasteiger charge is -2.32. The number of imidazole rings is 1. The number of urea groups is 1. The van der Waals surface area contributed by atoms with Gasteiger partial charge in [0.25, 0.3) is 5.91 Å². The van der Waals surface area contributed by atoms with Gasteiger partial charge in [-0.1, -0.05) is 36.4 Å². The highest BCUT2D eigenvalue weighted by Gasteiger charge is 2.25. The standard InChI is InChI=1S/C22H23N5O2/c28-21(20-15-23-16-27(20)19-9-5-2-6-10-19)24-18-11-13-26(14-12-18)22(29)25-17-7-3-1-4-8-17/h1-10,15-16,18H,11-14H2,(H,24,28)(H,25,29). The van der Waals surface area contributed by atoms with Gasteiger partial charge in [0.15, 0.2) is 0 Å². The normalized spacial score (nSPS) is 14.4. The van der Waals surface area contributed by atoms with E-state index in [0.717, 1.165) is 11.4 Å². The zero-order valence-electron chi connectivity index (χ0n) is 16.0. The molecule has 0 aliphatic carbocycles. The Labute approximate surface area is 169 Å². The summed E-state index contributed by atoms with van der Waals surface area (Å²) in [5.74, 6) is -0.154. The van der Waals surface area contributed by atoms with Crippen LogP contribution in [0.25, 0.3) is 5.69 Å². The summed E-state index contributed by atoms with van der Waals surface area (Å²) in [5.41, 5.74) is 2.17. The highest BCUT2D eigenvalue weighted by Crippen LogP contribution is 2.15. The topological polar surface area (TPSA) is 79.3 Å². The molecule has 148 valence electrons. The van der Waals surface area contributed by atoms with Crippen molar-refractivity contribution in [2.45, 2.75) is 18.9 Å². The molecule has 3 amide bonds. The molecule has 0 unspecified atom stereocenters. The molecule has 3 aromatic rings. The molecule has 1 saturated heterocycles. The average Bonchev–Trinajstić information content (AvgIpc) is 3.26. The Morgan fingerprint density at radius 2 is 1.59 bits per heavy atom. The minimum absolute atomic E-state index is 0.0300. The molecular formula is C22H23N5O2. The fraction of sp³-hybridized carbons (Fsp3) is 0.227. The number of amides is 3. The Hall–Kier alpha value is -3.61. The van der Waals surface area contributed by atoms with Gasteiger partial charge in [-0.25, -0.2) is 9.78 Å². The van der Waals surface area contributed by atoms with E-state index >= 15 is 0 Å². The molecule has 7 nitrogen and oxygen atoms in total. The smallest absolute Gasteiger partial charge is 0.321 e. The first-order valence-corrected chi connectivity index (χ1v) is 9.70. The largest absolute Gasteiger partial charge is 0.348 e. The van der Waals surface area contributed by atoms with Crippen molar-refractivity contribution in [3.63, 3.8) is 0 Å². The Kier molecular flexibility index (Phi) is 5.56. The third-order valence-corrected chi connectivity index (χ3v) is 5.05. The summed E-state index contributed by atoms with van der Waals surface area (Å²) in [7, 11) is 0. The van der Waals surface area contributed by atoms with Crippen molar-refractivity contribution < 1.29 is 9.59 Å². The quantitative estimate of drug-likeness (QED) is 0.719. The summed E-state index contributed by atoms with van der Waals surface area (Å²) in [6.07, 6.45) is 4.65. The van der Waals surface area contributed by atoms with Gasteiger partial charge in [0.1, 0.15) is 5.69 Å². The van der Waals surface area contributed by atoms with E-state index in [1.807, 2.05) is 60.7 Å². The highest BCUT2D eigenvalue weighted by atomic mass is 16.2. The molecule has 0 bridgehead atoms. The van der Waals surface area contributed by atoms with Crippen LogP contribution in [-0.4, -0.2) is 45.5 Å². The van der Waals surface area contributed by atoms with E-state index in [1.165, 1.54) is 0 Å². The fourth-order valence-corrected chi connectivity index (χ4v) is 3.47. The summed E-state index contributed by atoms with van der Waals surface area (Å²) in [4.78, 5) is 31.1. The van der Waals surface area contributed by atoms with E-state index in [2.05, 4.69) is 15.6 Å². The van der Waals surface area contributed by atoms with Crippen molar-refractivity contribution in [2.75, 3.05) is 18.4 Å². The molecule has 2 aromatic carbocycles. The zero-order chi connectivity index (χ0) is 20.1. The lowest BCUT2D eigenvalue weighted by molar-refractivity contribution is 0.0912. The minimum atomic E-state index is -0.154.